The number of nitro benzene ring substituents is 1. The second-order valence-electron chi connectivity index (χ2n) is 6.70. The van der Waals surface area contributed by atoms with E-state index in [2.05, 4.69) is 10.1 Å². The summed E-state index contributed by atoms with van der Waals surface area (Å²) in [4.78, 5) is 38.2. The number of fused-ring (bicyclic) bond motifs is 1. The summed E-state index contributed by atoms with van der Waals surface area (Å²) < 4.78 is 6.44. The van der Waals surface area contributed by atoms with Crippen LogP contribution in [0.25, 0.3) is 10.9 Å². The Morgan fingerprint density at radius 1 is 1.09 bits per heavy atom. The van der Waals surface area contributed by atoms with Crippen molar-refractivity contribution in [3.8, 4) is 5.75 Å². The summed E-state index contributed by atoms with van der Waals surface area (Å²) in [7, 11) is 0. The van der Waals surface area contributed by atoms with Crippen molar-refractivity contribution in [2.24, 2.45) is 5.10 Å². The van der Waals surface area contributed by atoms with Crippen molar-refractivity contribution in [2.45, 2.75) is 6.61 Å². The molecule has 1 heterocycles. The van der Waals surface area contributed by atoms with Crippen molar-refractivity contribution in [3.63, 3.8) is 0 Å². The number of nitro groups is 1. The van der Waals surface area contributed by atoms with Crippen molar-refractivity contribution < 1.29 is 9.66 Å². The van der Waals surface area contributed by atoms with E-state index in [0.29, 0.717) is 15.2 Å². The van der Waals surface area contributed by atoms with Crippen LogP contribution in [0.3, 0.4) is 0 Å². The Morgan fingerprint density at radius 3 is 2.62 bits per heavy atom. The third kappa shape index (κ3) is 4.28. The Labute approximate surface area is 185 Å². The first-order valence-electron chi connectivity index (χ1n) is 9.37. The molecule has 0 aliphatic heterocycles. The minimum absolute atomic E-state index is 0.106. The molecule has 4 rings (SSSR count). The number of para-hydroxylation sites is 1. The highest BCUT2D eigenvalue weighted by atomic mass is 35.5. The maximum atomic E-state index is 12.7. The Hall–Kier alpha value is -4.24. The van der Waals surface area contributed by atoms with Crippen LogP contribution >= 0.6 is 11.6 Å². The number of aromatic nitrogens is 2. The smallest absolute Gasteiger partial charge is 0.349 e. The lowest BCUT2D eigenvalue weighted by atomic mass is 10.2. The Balaban J connectivity index is 1.73. The molecule has 0 unspecified atom stereocenters. The molecular weight excluding hydrogens is 436 g/mol. The van der Waals surface area contributed by atoms with Gasteiger partial charge in [0.05, 0.1) is 22.0 Å². The molecule has 0 aliphatic rings. The van der Waals surface area contributed by atoms with Crippen LogP contribution < -0.4 is 16.0 Å². The number of halogens is 1. The highest BCUT2D eigenvalue weighted by Crippen LogP contribution is 2.25. The van der Waals surface area contributed by atoms with E-state index in [1.54, 1.807) is 48.5 Å². The fraction of sp³-hybridized carbons (Fsp3) is 0.0455. The molecular formula is C22H15ClN4O5. The molecule has 1 aromatic heterocycles. The summed E-state index contributed by atoms with van der Waals surface area (Å²) in [6.45, 7) is 0.106. The van der Waals surface area contributed by atoms with E-state index in [1.807, 2.05) is 0 Å². The number of nitrogens with one attached hydrogen (secondary N) is 1. The van der Waals surface area contributed by atoms with Crippen LogP contribution in [0.5, 0.6) is 5.75 Å². The van der Waals surface area contributed by atoms with E-state index in [-0.39, 0.29) is 29.0 Å². The molecule has 1 N–H and O–H groups in total. The van der Waals surface area contributed by atoms with Gasteiger partial charge < -0.3 is 9.72 Å². The lowest BCUT2D eigenvalue weighted by Gasteiger charge is -2.10. The number of rotatable bonds is 6. The quantitative estimate of drug-likeness (QED) is 0.273. The molecule has 3 aromatic carbocycles. The molecule has 0 saturated heterocycles. The summed E-state index contributed by atoms with van der Waals surface area (Å²) >= 11 is 6.15. The predicted octanol–water partition coefficient (Wildman–Crippen LogP) is 3.71. The largest absolute Gasteiger partial charge is 0.488 e. The summed E-state index contributed by atoms with van der Waals surface area (Å²) in [6, 6.07) is 17.6. The van der Waals surface area contributed by atoms with Crippen molar-refractivity contribution in [3.05, 3.63) is 114 Å². The molecule has 0 bridgehead atoms. The Bertz CT molecular complexity index is 1480. The van der Waals surface area contributed by atoms with Gasteiger partial charge in [0.25, 0.3) is 11.2 Å². The van der Waals surface area contributed by atoms with Crippen LogP contribution in [0, 0.1) is 10.1 Å². The van der Waals surface area contributed by atoms with Crippen molar-refractivity contribution in [1.82, 2.24) is 9.66 Å². The van der Waals surface area contributed by atoms with Gasteiger partial charge in [0.1, 0.15) is 12.4 Å². The van der Waals surface area contributed by atoms with Gasteiger partial charge in [-0.15, -0.1) is 4.68 Å². The number of nitrogens with zero attached hydrogens (tertiary/aromatic N) is 3. The van der Waals surface area contributed by atoms with Crippen molar-refractivity contribution >= 4 is 34.4 Å². The van der Waals surface area contributed by atoms with Gasteiger partial charge in [-0.1, -0.05) is 41.9 Å². The molecule has 160 valence electrons. The minimum atomic E-state index is -0.742. The first-order chi connectivity index (χ1) is 15.4. The van der Waals surface area contributed by atoms with E-state index < -0.39 is 16.2 Å². The highest BCUT2D eigenvalue weighted by molar-refractivity contribution is 6.31. The molecule has 4 aromatic rings. The summed E-state index contributed by atoms with van der Waals surface area (Å²) in [5.41, 5.74) is -0.244. The molecule has 0 spiro atoms. The SMILES string of the molecule is O=c1[nH]c2ccccc2c(=O)n1N=Cc1cc([N+](=O)[O-])ccc1OCc1ccccc1Cl. The highest BCUT2D eigenvalue weighted by Gasteiger charge is 2.12. The normalized spacial score (nSPS) is 11.2. The molecule has 0 amide bonds. The molecule has 0 fully saturated rings. The van der Waals surface area contributed by atoms with Crippen molar-refractivity contribution in [1.29, 1.82) is 0 Å². The number of aromatic amines is 1. The van der Waals surface area contributed by atoms with Crippen molar-refractivity contribution in [2.75, 3.05) is 0 Å². The molecule has 0 atom stereocenters. The molecule has 9 nitrogen and oxygen atoms in total. The number of ether oxygens (including phenoxy) is 1. The molecule has 0 saturated carbocycles. The fourth-order valence-electron chi connectivity index (χ4n) is 3.03. The number of hydrogen-bond donors (Lipinski definition) is 1. The maximum absolute atomic E-state index is 12.7. The third-order valence-corrected chi connectivity index (χ3v) is 5.01. The van der Waals surface area contributed by atoms with Crippen LogP contribution in [0.15, 0.2) is 81.4 Å². The zero-order chi connectivity index (χ0) is 22.7. The predicted molar refractivity (Wildman–Crippen MR) is 121 cm³/mol. The van der Waals surface area contributed by atoms with E-state index >= 15 is 0 Å². The fourth-order valence-corrected chi connectivity index (χ4v) is 3.22. The standard InChI is InChI=1S/C22H15ClN4O5/c23-18-7-3-1-5-14(18)13-32-20-10-9-16(27(30)31)11-15(20)12-24-26-21(28)17-6-2-4-8-19(17)25-22(26)29/h1-12H,13H2,(H,25,29). The molecule has 0 radical (unpaired) electrons. The van der Waals surface area contributed by atoms with Gasteiger partial charge in [-0.25, -0.2) is 4.79 Å². The lowest BCUT2D eigenvalue weighted by Crippen LogP contribution is -2.32. The van der Waals surface area contributed by atoms with Crippen LogP contribution in [-0.2, 0) is 6.61 Å². The van der Waals surface area contributed by atoms with Crippen LogP contribution in [-0.4, -0.2) is 20.8 Å². The molecule has 10 heteroatoms. The summed E-state index contributed by atoms with van der Waals surface area (Å²) in [6.07, 6.45) is 1.17. The third-order valence-electron chi connectivity index (χ3n) is 4.64. The van der Waals surface area contributed by atoms with E-state index in [4.69, 9.17) is 16.3 Å². The monoisotopic (exact) mass is 450 g/mol. The second-order valence-corrected chi connectivity index (χ2v) is 7.10. The average molecular weight is 451 g/mol. The van der Waals surface area contributed by atoms with Crippen LogP contribution in [0.1, 0.15) is 11.1 Å². The molecule has 0 aliphatic carbocycles. The Morgan fingerprint density at radius 2 is 1.84 bits per heavy atom. The lowest BCUT2D eigenvalue weighted by molar-refractivity contribution is -0.384. The zero-order valence-electron chi connectivity index (χ0n) is 16.4. The van der Waals surface area contributed by atoms with E-state index in [9.17, 15) is 19.7 Å². The molecule has 32 heavy (non-hydrogen) atoms. The van der Waals surface area contributed by atoms with Gasteiger partial charge in [-0.3, -0.25) is 14.9 Å². The van der Waals surface area contributed by atoms with Gasteiger partial charge >= 0.3 is 5.69 Å². The van der Waals surface area contributed by atoms with Gasteiger partial charge in [-0.05, 0) is 24.3 Å². The Kier molecular flexibility index (Phi) is 5.82. The average Bonchev–Trinajstić information content (AvgIpc) is 2.78. The number of H-pyrrole nitrogens is 1. The van der Waals surface area contributed by atoms with Gasteiger partial charge in [-0.2, -0.15) is 5.10 Å². The first kappa shape index (κ1) is 21.0. The first-order valence-corrected chi connectivity index (χ1v) is 9.75. The maximum Gasteiger partial charge on any atom is 0.349 e. The van der Waals surface area contributed by atoms with Crippen LogP contribution in [0.2, 0.25) is 5.02 Å². The van der Waals surface area contributed by atoms with Crippen LogP contribution in [0.4, 0.5) is 5.69 Å². The topological polar surface area (TPSA) is 120 Å². The van der Waals surface area contributed by atoms with Gasteiger partial charge in [0.2, 0.25) is 0 Å². The second kappa shape index (κ2) is 8.86. The minimum Gasteiger partial charge on any atom is -0.488 e. The van der Waals surface area contributed by atoms with Gasteiger partial charge in [0, 0.05) is 28.3 Å². The summed E-state index contributed by atoms with van der Waals surface area (Å²) in [5.74, 6) is 0.268. The number of benzene rings is 3. The summed E-state index contributed by atoms with van der Waals surface area (Å²) in [5, 5.41) is 16.0. The van der Waals surface area contributed by atoms with E-state index in [0.717, 1.165) is 5.56 Å². The number of non-ortho nitro benzene ring substituents is 1. The zero-order valence-corrected chi connectivity index (χ0v) is 17.2. The van der Waals surface area contributed by atoms with Gasteiger partial charge in [0.15, 0.2) is 0 Å². The van der Waals surface area contributed by atoms with E-state index in [1.165, 1.54) is 24.4 Å². The number of hydrogen-bond acceptors (Lipinski definition) is 6.